The van der Waals surface area contributed by atoms with Crippen molar-refractivity contribution in [1.82, 2.24) is 0 Å². The van der Waals surface area contributed by atoms with Crippen LogP contribution in [-0.4, -0.2) is 40.9 Å². The largest absolute Gasteiger partial charge is 0.462 e. The van der Waals surface area contributed by atoms with Crippen molar-refractivity contribution >= 4 is 22.6 Å². The van der Waals surface area contributed by atoms with Crippen LogP contribution < -0.4 is 0 Å². The number of hydrogen-bond donors (Lipinski definition) is 0. The molecule has 2 rings (SSSR count). The zero-order valence-corrected chi connectivity index (χ0v) is 25.4. The summed E-state index contributed by atoms with van der Waals surface area (Å²) in [5.41, 5.74) is 0. The summed E-state index contributed by atoms with van der Waals surface area (Å²) in [7, 11) is -3.80. The third-order valence-corrected chi connectivity index (χ3v) is 17.7. The van der Waals surface area contributed by atoms with E-state index < -0.39 is 16.6 Å². The lowest BCUT2D eigenvalue weighted by molar-refractivity contribution is -0.141. The fourth-order valence-electron chi connectivity index (χ4n) is 4.44. The van der Waals surface area contributed by atoms with Gasteiger partial charge in [-0.1, -0.05) is 79.9 Å². The Hall–Kier alpha value is -0.436. The lowest BCUT2D eigenvalue weighted by atomic mass is 9.91. The number of hydrogen-bond acceptors (Lipinski definition) is 4. The van der Waals surface area contributed by atoms with Crippen LogP contribution >= 0.6 is 0 Å². The summed E-state index contributed by atoms with van der Waals surface area (Å²) in [6.45, 7) is 25.3. The molecule has 4 nitrogen and oxygen atoms in total. The molecule has 0 radical (unpaired) electrons. The van der Waals surface area contributed by atoms with Crippen molar-refractivity contribution in [2.75, 3.05) is 0 Å². The van der Waals surface area contributed by atoms with E-state index >= 15 is 0 Å². The maximum atomic E-state index is 12.1. The fourth-order valence-corrected chi connectivity index (χ4v) is 7.11. The molecule has 0 bridgehead atoms. The van der Waals surface area contributed by atoms with E-state index in [0.717, 1.165) is 12.8 Å². The predicted molar refractivity (Wildman–Crippen MR) is 144 cm³/mol. The van der Waals surface area contributed by atoms with Gasteiger partial charge in [0.25, 0.3) is 0 Å². The second-order valence-electron chi connectivity index (χ2n) is 13.4. The molecule has 2 aliphatic rings. The molecule has 1 saturated heterocycles. The van der Waals surface area contributed by atoms with Gasteiger partial charge in [-0.05, 0) is 42.7 Å². The SMILES string of the molecule is CCCCC[C@@H](C=C[C@@H]1[C@H]2CC(=O)O[C@H]2C[C@H]1O[Si](C)(C)C(C)(C)C)O[Si](C)(C)C(C)(C)C. The summed E-state index contributed by atoms with van der Waals surface area (Å²) >= 11 is 0. The van der Waals surface area contributed by atoms with E-state index in [9.17, 15) is 4.79 Å². The zero-order valence-electron chi connectivity index (χ0n) is 23.4. The van der Waals surface area contributed by atoms with E-state index in [0.29, 0.717) is 6.42 Å². The minimum absolute atomic E-state index is 0.00164. The van der Waals surface area contributed by atoms with E-state index in [2.05, 4.69) is 86.8 Å². The van der Waals surface area contributed by atoms with Gasteiger partial charge in [0.15, 0.2) is 16.6 Å². The minimum atomic E-state index is -1.92. The van der Waals surface area contributed by atoms with E-state index in [1.807, 2.05) is 0 Å². The Morgan fingerprint density at radius 2 is 1.64 bits per heavy atom. The van der Waals surface area contributed by atoms with E-state index in [1.165, 1.54) is 19.3 Å². The van der Waals surface area contributed by atoms with Crippen LogP contribution in [0.5, 0.6) is 0 Å². The van der Waals surface area contributed by atoms with Gasteiger partial charge in [0.05, 0.1) is 18.6 Å². The molecule has 0 N–H and O–H groups in total. The summed E-state index contributed by atoms with van der Waals surface area (Å²) in [6.07, 6.45) is 10.9. The van der Waals surface area contributed by atoms with Gasteiger partial charge in [0, 0.05) is 18.3 Å². The Morgan fingerprint density at radius 3 is 2.18 bits per heavy atom. The van der Waals surface area contributed by atoms with Crippen LogP contribution in [0, 0.1) is 11.8 Å². The second-order valence-corrected chi connectivity index (χ2v) is 22.9. The number of unbranched alkanes of at least 4 members (excludes halogenated alkanes) is 2. The summed E-state index contributed by atoms with van der Waals surface area (Å²) in [5.74, 6) is 0.395. The van der Waals surface area contributed by atoms with Gasteiger partial charge in [-0.2, -0.15) is 0 Å². The Balaban J connectivity index is 2.26. The highest BCUT2D eigenvalue weighted by atomic mass is 28.4. The first-order valence-electron chi connectivity index (χ1n) is 13.2. The zero-order chi connectivity index (χ0) is 25.2. The predicted octanol–water partition coefficient (Wildman–Crippen LogP) is 7.86. The Bertz CT molecular complexity index is 687. The highest BCUT2D eigenvalue weighted by Gasteiger charge is 2.52. The Labute approximate surface area is 206 Å². The average molecular weight is 497 g/mol. The molecule has 0 aromatic rings. The van der Waals surface area contributed by atoms with Crippen molar-refractivity contribution in [2.24, 2.45) is 11.8 Å². The Morgan fingerprint density at radius 1 is 1.03 bits per heavy atom. The van der Waals surface area contributed by atoms with Crippen LogP contribution in [-0.2, 0) is 18.4 Å². The molecule has 1 aliphatic carbocycles. The van der Waals surface area contributed by atoms with Gasteiger partial charge < -0.3 is 13.6 Å². The van der Waals surface area contributed by atoms with Crippen LogP contribution in [0.25, 0.3) is 0 Å². The van der Waals surface area contributed by atoms with Crippen molar-refractivity contribution < 1.29 is 18.4 Å². The van der Waals surface area contributed by atoms with Crippen LogP contribution in [0.4, 0.5) is 0 Å². The van der Waals surface area contributed by atoms with Gasteiger partial charge in [-0.15, -0.1) is 0 Å². The van der Waals surface area contributed by atoms with E-state index in [4.69, 9.17) is 13.6 Å². The lowest BCUT2D eigenvalue weighted by Crippen LogP contribution is -2.45. The molecule has 2 fully saturated rings. The molecule has 0 amide bonds. The third kappa shape index (κ3) is 7.28. The molecule has 192 valence electrons. The van der Waals surface area contributed by atoms with Crippen LogP contribution in [0.2, 0.25) is 36.3 Å². The van der Waals surface area contributed by atoms with Gasteiger partial charge in [0.2, 0.25) is 0 Å². The fraction of sp³-hybridized carbons (Fsp3) is 0.889. The van der Waals surface area contributed by atoms with Gasteiger partial charge >= 0.3 is 5.97 Å². The van der Waals surface area contributed by atoms with Crippen LogP contribution in [0.15, 0.2) is 12.2 Å². The van der Waals surface area contributed by atoms with E-state index in [1.54, 1.807) is 0 Å². The molecular weight excluding hydrogens is 444 g/mol. The molecular formula is C27H52O4Si2. The summed E-state index contributed by atoms with van der Waals surface area (Å²) < 4.78 is 19.4. The maximum absolute atomic E-state index is 12.1. The van der Waals surface area contributed by atoms with Crippen molar-refractivity contribution in [2.45, 2.75) is 142 Å². The van der Waals surface area contributed by atoms with Crippen molar-refractivity contribution in [3.05, 3.63) is 12.2 Å². The van der Waals surface area contributed by atoms with Crippen molar-refractivity contribution in [3.63, 3.8) is 0 Å². The summed E-state index contributed by atoms with van der Waals surface area (Å²) in [4.78, 5) is 12.1. The molecule has 5 atom stereocenters. The van der Waals surface area contributed by atoms with Crippen molar-refractivity contribution in [3.8, 4) is 0 Å². The van der Waals surface area contributed by atoms with Crippen LogP contribution in [0.3, 0.4) is 0 Å². The average Bonchev–Trinajstić information content (AvgIpc) is 3.12. The second kappa shape index (κ2) is 10.7. The molecule has 6 heteroatoms. The minimum Gasteiger partial charge on any atom is -0.462 e. The molecule has 0 unspecified atom stereocenters. The topological polar surface area (TPSA) is 44.8 Å². The molecule has 1 saturated carbocycles. The molecule has 33 heavy (non-hydrogen) atoms. The highest BCUT2D eigenvalue weighted by Crippen LogP contribution is 2.47. The van der Waals surface area contributed by atoms with Gasteiger partial charge in [-0.3, -0.25) is 4.79 Å². The van der Waals surface area contributed by atoms with Gasteiger partial charge in [0.1, 0.15) is 6.10 Å². The first-order chi connectivity index (χ1) is 15.0. The Kier molecular flexibility index (Phi) is 9.31. The number of ether oxygens (including phenoxy) is 1. The number of carbonyl (C=O) groups excluding carboxylic acids is 1. The van der Waals surface area contributed by atoms with E-state index in [-0.39, 0.29) is 46.2 Å². The third-order valence-electron chi connectivity index (χ3n) is 8.70. The number of esters is 1. The first kappa shape index (κ1) is 28.8. The number of fused-ring (bicyclic) bond motifs is 1. The molecule has 1 aliphatic heterocycles. The summed E-state index contributed by atoms with van der Waals surface area (Å²) in [5, 5.41) is 0.339. The standard InChI is InChI=1S/C27H52O4Si2/c1-12-13-14-15-20(30-32(8,9)26(2,3)4)16-17-21-22-18-25(28)29-23(22)19-24(21)31-33(10,11)27(5,6)7/h16-17,20-24H,12-15,18-19H2,1-11H3/t20-,21+,22+,23-,24+/m0/s1. The van der Waals surface area contributed by atoms with Gasteiger partial charge in [-0.25, -0.2) is 0 Å². The maximum Gasteiger partial charge on any atom is 0.306 e. The lowest BCUT2D eigenvalue weighted by Gasteiger charge is -2.40. The first-order valence-corrected chi connectivity index (χ1v) is 19.0. The number of carbonyl (C=O) groups is 1. The number of rotatable bonds is 10. The molecule has 0 aromatic heterocycles. The molecule has 1 heterocycles. The summed E-state index contributed by atoms with van der Waals surface area (Å²) in [6, 6.07) is 0. The van der Waals surface area contributed by atoms with Crippen LogP contribution in [0.1, 0.15) is 87.0 Å². The molecule has 0 spiro atoms. The normalized spacial score (nSPS) is 27.8. The molecule has 0 aromatic carbocycles. The monoisotopic (exact) mass is 496 g/mol. The quantitative estimate of drug-likeness (QED) is 0.134. The smallest absolute Gasteiger partial charge is 0.306 e. The van der Waals surface area contributed by atoms with Crippen molar-refractivity contribution in [1.29, 1.82) is 0 Å². The highest BCUT2D eigenvalue weighted by molar-refractivity contribution is 6.74.